The highest BCUT2D eigenvalue weighted by atomic mass is 35.5. The van der Waals surface area contributed by atoms with Crippen molar-refractivity contribution in [2.24, 2.45) is 5.73 Å². The number of alkyl halides is 3. The van der Waals surface area contributed by atoms with E-state index in [4.69, 9.17) is 17.3 Å². The summed E-state index contributed by atoms with van der Waals surface area (Å²) in [5.74, 6) is -0.426. The second-order valence-electron chi connectivity index (χ2n) is 3.12. The highest BCUT2D eigenvalue weighted by Crippen LogP contribution is 2.32. The molecule has 0 unspecified atom stereocenters. The Kier molecular flexibility index (Phi) is 4.00. The summed E-state index contributed by atoms with van der Waals surface area (Å²) in [4.78, 5) is 3.24. The van der Waals surface area contributed by atoms with Crippen molar-refractivity contribution in [3.05, 3.63) is 22.8 Å². The van der Waals surface area contributed by atoms with Crippen molar-refractivity contribution < 1.29 is 21.6 Å². The zero-order chi connectivity index (χ0) is 13.3. The first-order chi connectivity index (χ1) is 7.68. The number of nitrogens with zero attached hydrogens (tertiary/aromatic N) is 1. The molecule has 1 heterocycles. The van der Waals surface area contributed by atoms with Gasteiger partial charge in [0, 0.05) is 12.7 Å². The van der Waals surface area contributed by atoms with E-state index in [0.717, 1.165) is 0 Å². The van der Waals surface area contributed by atoms with Crippen LogP contribution in [0.25, 0.3) is 0 Å². The van der Waals surface area contributed by atoms with Crippen molar-refractivity contribution in [1.82, 2.24) is 4.98 Å². The summed E-state index contributed by atoms with van der Waals surface area (Å²) in [6.45, 7) is -0.165. The smallest absolute Gasteiger partial charge is 0.329 e. The minimum absolute atomic E-state index is 0.165. The third-order valence-electron chi connectivity index (χ3n) is 1.82. The van der Waals surface area contributed by atoms with E-state index in [1.165, 1.54) is 0 Å². The summed E-state index contributed by atoms with van der Waals surface area (Å²) in [5, 5.41) is -1.15. The van der Waals surface area contributed by atoms with Gasteiger partial charge in [-0.3, -0.25) is 0 Å². The largest absolute Gasteiger partial charge is 0.417 e. The zero-order valence-corrected chi connectivity index (χ0v) is 9.90. The number of nitrogens with two attached hydrogens (primary N) is 1. The summed E-state index contributed by atoms with van der Waals surface area (Å²) in [7, 11) is -3.84. The number of halogens is 4. The third kappa shape index (κ3) is 3.30. The van der Waals surface area contributed by atoms with E-state index in [9.17, 15) is 21.6 Å². The Labute approximate surface area is 101 Å². The Balaban J connectivity index is 3.24. The number of hydrogen-bond acceptors (Lipinski definition) is 4. The molecule has 2 N–H and O–H groups in total. The fraction of sp³-hybridized carbons (Fsp3) is 0.375. The van der Waals surface area contributed by atoms with Crippen LogP contribution in [0.1, 0.15) is 5.56 Å². The molecule has 1 rings (SSSR count). The highest BCUT2D eigenvalue weighted by molar-refractivity contribution is 7.91. The van der Waals surface area contributed by atoms with E-state index in [1.807, 2.05) is 0 Å². The van der Waals surface area contributed by atoms with Gasteiger partial charge < -0.3 is 5.73 Å². The van der Waals surface area contributed by atoms with Crippen LogP contribution in [0.5, 0.6) is 0 Å². The van der Waals surface area contributed by atoms with E-state index < -0.39 is 37.4 Å². The van der Waals surface area contributed by atoms with Crippen LogP contribution < -0.4 is 5.73 Å². The third-order valence-corrected chi connectivity index (χ3v) is 3.90. The molecule has 17 heavy (non-hydrogen) atoms. The predicted molar refractivity (Wildman–Crippen MR) is 55.4 cm³/mol. The molecule has 0 bridgehead atoms. The van der Waals surface area contributed by atoms with Crippen LogP contribution in [0, 0.1) is 0 Å². The van der Waals surface area contributed by atoms with E-state index in [-0.39, 0.29) is 6.54 Å². The molecular weight excluding hydrogens is 281 g/mol. The van der Waals surface area contributed by atoms with Gasteiger partial charge in [-0.1, -0.05) is 11.6 Å². The van der Waals surface area contributed by atoms with E-state index in [0.29, 0.717) is 12.3 Å². The molecule has 0 aliphatic rings. The van der Waals surface area contributed by atoms with Gasteiger partial charge in [-0.05, 0) is 6.07 Å². The molecule has 0 spiro atoms. The fourth-order valence-electron chi connectivity index (χ4n) is 1.06. The molecule has 0 aromatic carbocycles. The Morgan fingerprint density at radius 1 is 1.41 bits per heavy atom. The lowest BCUT2D eigenvalue weighted by Crippen LogP contribution is -2.18. The molecule has 0 radical (unpaired) electrons. The zero-order valence-electron chi connectivity index (χ0n) is 8.33. The lowest BCUT2D eigenvalue weighted by molar-refractivity contribution is -0.137. The number of sulfone groups is 1. The standard InChI is InChI=1S/C8H8ClF3N2O2S/c9-6-3-5(8(10,11)12)4-14-7(6)17(15,16)2-1-13/h3-4H,1-2,13H2. The highest BCUT2D eigenvalue weighted by Gasteiger charge is 2.32. The van der Waals surface area contributed by atoms with Crippen molar-refractivity contribution >= 4 is 21.4 Å². The molecular formula is C8H8ClF3N2O2S. The fourth-order valence-corrected chi connectivity index (χ4v) is 2.65. The molecule has 4 nitrogen and oxygen atoms in total. The maximum atomic E-state index is 12.3. The van der Waals surface area contributed by atoms with Crippen molar-refractivity contribution in [3.8, 4) is 0 Å². The molecule has 0 atom stereocenters. The molecule has 0 aliphatic carbocycles. The van der Waals surface area contributed by atoms with Crippen LogP contribution in [-0.2, 0) is 16.0 Å². The van der Waals surface area contributed by atoms with Crippen LogP contribution in [0.4, 0.5) is 13.2 Å². The summed E-state index contributed by atoms with van der Waals surface area (Å²) in [6, 6.07) is 0.526. The van der Waals surface area contributed by atoms with Gasteiger partial charge in [0.2, 0.25) is 0 Å². The van der Waals surface area contributed by atoms with Crippen LogP contribution in [0.3, 0.4) is 0 Å². The lowest BCUT2D eigenvalue weighted by Gasteiger charge is -2.09. The normalized spacial score (nSPS) is 12.8. The lowest BCUT2D eigenvalue weighted by atomic mass is 10.3. The Morgan fingerprint density at radius 3 is 2.41 bits per heavy atom. The molecule has 0 saturated carbocycles. The van der Waals surface area contributed by atoms with Crippen molar-refractivity contribution in [1.29, 1.82) is 0 Å². The van der Waals surface area contributed by atoms with E-state index >= 15 is 0 Å². The van der Waals surface area contributed by atoms with Gasteiger partial charge in [0.25, 0.3) is 0 Å². The van der Waals surface area contributed by atoms with Gasteiger partial charge in [0.1, 0.15) is 0 Å². The van der Waals surface area contributed by atoms with E-state index in [2.05, 4.69) is 4.98 Å². The number of pyridine rings is 1. The minimum Gasteiger partial charge on any atom is -0.329 e. The molecule has 0 saturated heterocycles. The van der Waals surface area contributed by atoms with Crippen molar-refractivity contribution in [2.75, 3.05) is 12.3 Å². The van der Waals surface area contributed by atoms with Crippen LogP contribution in [0.2, 0.25) is 5.02 Å². The number of hydrogen-bond donors (Lipinski definition) is 1. The van der Waals surface area contributed by atoms with Crippen molar-refractivity contribution in [2.45, 2.75) is 11.2 Å². The summed E-state index contributed by atoms with van der Waals surface area (Å²) < 4.78 is 59.8. The molecule has 9 heteroatoms. The molecule has 1 aromatic rings. The predicted octanol–water partition coefficient (Wildman–Crippen LogP) is 1.49. The van der Waals surface area contributed by atoms with Gasteiger partial charge in [-0.15, -0.1) is 0 Å². The first-order valence-corrected chi connectivity index (χ1v) is 6.37. The molecule has 0 amide bonds. The molecule has 96 valence electrons. The minimum atomic E-state index is -4.62. The second-order valence-corrected chi connectivity index (χ2v) is 5.55. The van der Waals surface area contributed by atoms with E-state index in [1.54, 1.807) is 0 Å². The van der Waals surface area contributed by atoms with Crippen LogP contribution in [-0.4, -0.2) is 25.7 Å². The monoisotopic (exact) mass is 288 g/mol. The topological polar surface area (TPSA) is 73.1 Å². The second kappa shape index (κ2) is 4.79. The number of aromatic nitrogens is 1. The Hall–Kier alpha value is -0.860. The SMILES string of the molecule is NCCS(=O)(=O)c1ncc(C(F)(F)F)cc1Cl. The molecule has 0 fully saturated rings. The van der Waals surface area contributed by atoms with Gasteiger partial charge in [-0.25, -0.2) is 13.4 Å². The average molecular weight is 289 g/mol. The van der Waals surface area contributed by atoms with Crippen LogP contribution >= 0.6 is 11.6 Å². The Bertz CT molecular complexity index is 516. The molecule has 0 aliphatic heterocycles. The van der Waals surface area contributed by atoms with Crippen LogP contribution in [0.15, 0.2) is 17.3 Å². The quantitative estimate of drug-likeness (QED) is 0.914. The van der Waals surface area contributed by atoms with Gasteiger partial charge in [0.05, 0.1) is 16.3 Å². The first-order valence-electron chi connectivity index (χ1n) is 4.34. The van der Waals surface area contributed by atoms with Gasteiger partial charge in [0.15, 0.2) is 14.9 Å². The van der Waals surface area contributed by atoms with Gasteiger partial charge in [-0.2, -0.15) is 13.2 Å². The Morgan fingerprint density at radius 2 is 2.00 bits per heavy atom. The molecule has 1 aromatic heterocycles. The summed E-state index contributed by atoms with van der Waals surface area (Å²) in [5.41, 5.74) is 3.97. The summed E-state index contributed by atoms with van der Waals surface area (Å²) in [6.07, 6.45) is -4.19. The average Bonchev–Trinajstić information content (AvgIpc) is 2.15. The van der Waals surface area contributed by atoms with Crippen molar-refractivity contribution in [3.63, 3.8) is 0 Å². The summed E-state index contributed by atoms with van der Waals surface area (Å²) >= 11 is 5.47. The maximum Gasteiger partial charge on any atom is 0.417 e. The van der Waals surface area contributed by atoms with Gasteiger partial charge >= 0.3 is 6.18 Å². The number of rotatable bonds is 3. The first kappa shape index (κ1) is 14.2. The maximum absolute atomic E-state index is 12.3.